The first kappa shape index (κ1) is 18.8. The average molecular weight is 375 g/mol. The zero-order valence-corrected chi connectivity index (χ0v) is 16.1. The second-order valence-corrected chi connectivity index (χ2v) is 9.52. The minimum absolute atomic E-state index is 0.0922. The fourth-order valence-corrected chi connectivity index (χ4v) is 5.33. The van der Waals surface area contributed by atoms with E-state index in [4.69, 9.17) is 0 Å². The van der Waals surface area contributed by atoms with Crippen LogP contribution in [0.25, 0.3) is 0 Å². The highest BCUT2D eigenvalue weighted by atomic mass is 32.2. The lowest BCUT2D eigenvalue weighted by Crippen LogP contribution is -2.57. The molecule has 1 saturated heterocycles. The normalized spacial score (nSPS) is 24.3. The first-order valence-electron chi connectivity index (χ1n) is 8.74. The fourth-order valence-electron chi connectivity index (χ4n) is 3.74. The molecule has 7 heteroatoms. The Morgan fingerprint density at radius 2 is 1.96 bits per heavy atom. The Hall–Kier alpha value is -2.02. The molecule has 0 bridgehead atoms. The predicted octanol–water partition coefficient (Wildman–Crippen LogP) is 1.32. The minimum atomic E-state index is -1.30. The van der Waals surface area contributed by atoms with E-state index >= 15 is 0 Å². The van der Waals surface area contributed by atoms with Gasteiger partial charge in [0.05, 0.1) is 12.0 Å². The third-order valence-electron chi connectivity index (χ3n) is 4.85. The summed E-state index contributed by atoms with van der Waals surface area (Å²) < 4.78 is -0.535. The van der Waals surface area contributed by atoms with Crippen LogP contribution in [-0.4, -0.2) is 39.5 Å². The highest BCUT2D eigenvalue weighted by Gasteiger charge is 2.57. The summed E-state index contributed by atoms with van der Waals surface area (Å²) in [6, 6.07) is 5.55. The van der Waals surface area contributed by atoms with Gasteiger partial charge in [0.1, 0.15) is 11.4 Å². The summed E-state index contributed by atoms with van der Waals surface area (Å²) in [7, 11) is 0. The zero-order valence-electron chi connectivity index (χ0n) is 15.3. The molecule has 2 amide bonds. The third kappa shape index (κ3) is 3.09. The molecule has 1 N–H and O–H groups in total. The Balaban J connectivity index is 1.88. The van der Waals surface area contributed by atoms with Gasteiger partial charge in [-0.15, -0.1) is 11.8 Å². The smallest absolute Gasteiger partial charge is 0.256 e. The Morgan fingerprint density at radius 1 is 1.31 bits per heavy atom. The molecule has 2 aliphatic heterocycles. The molecule has 1 aromatic carbocycles. The second-order valence-electron chi connectivity index (χ2n) is 7.79. The van der Waals surface area contributed by atoms with Crippen LogP contribution in [0.15, 0.2) is 24.3 Å². The number of carboxylic acids is 1. The van der Waals surface area contributed by atoms with Gasteiger partial charge < -0.3 is 20.1 Å². The van der Waals surface area contributed by atoms with Gasteiger partial charge in [0, 0.05) is 10.3 Å². The number of hydrogen-bond acceptors (Lipinski definition) is 5. The van der Waals surface area contributed by atoms with Crippen LogP contribution in [0.2, 0.25) is 0 Å². The van der Waals surface area contributed by atoms with Gasteiger partial charge in [-0.05, 0) is 37.8 Å². The first-order valence-corrected chi connectivity index (χ1v) is 9.62. The molecule has 2 aliphatic rings. The van der Waals surface area contributed by atoms with Crippen molar-refractivity contribution in [3.8, 4) is 0 Å². The molecule has 0 spiro atoms. The summed E-state index contributed by atoms with van der Waals surface area (Å²) in [5.41, 5.74) is 1.52. The number of nitrogens with one attached hydrogen (secondary N) is 1. The van der Waals surface area contributed by atoms with E-state index in [0.29, 0.717) is 5.56 Å². The number of fused-ring (bicyclic) bond motifs is 3. The van der Waals surface area contributed by atoms with Gasteiger partial charge in [-0.25, -0.2) is 0 Å². The molecule has 0 unspecified atom stereocenters. The number of thioether (sulfide) groups is 1. The van der Waals surface area contributed by atoms with Crippen molar-refractivity contribution >= 4 is 29.5 Å². The van der Waals surface area contributed by atoms with Crippen LogP contribution in [0.1, 0.15) is 55.4 Å². The summed E-state index contributed by atoms with van der Waals surface area (Å²) in [5.74, 6) is -1.84. The molecule has 26 heavy (non-hydrogen) atoms. The van der Waals surface area contributed by atoms with Crippen molar-refractivity contribution in [1.29, 1.82) is 0 Å². The maximum atomic E-state index is 13.0. The fraction of sp³-hybridized carbons (Fsp3) is 0.526. The minimum Gasteiger partial charge on any atom is -0.548 e. The molecule has 140 valence electrons. The molecule has 0 radical (unpaired) electrons. The van der Waals surface area contributed by atoms with E-state index in [2.05, 4.69) is 5.32 Å². The Kier molecular flexibility index (Phi) is 4.77. The molecule has 1 fully saturated rings. The number of aliphatic carboxylic acids is 1. The van der Waals surface area contributed by atoms with Gasteiger partial charge in [0.2, 0.25) is 5.91 Å². The van der Waals surface area contributed by atoms with Crippen molar-refractivity contribution in [3.63, 3.8) is 0 Å². The van der Waals surface area contributed by atoms with E-state index in [9.17, 15) is 19.5 Å². The molecule has 0 saturated carbocycles. The second kappa shape index (κ2) is 6.61. The molecular weight excluding hydrogens is 352 g/mol. The summed E-state index contributed by atoms with van der Waals surface area (Å²) in [4.78, 5) is 38.9. The van der Waals surface area contributed by atoms with Crippen LogP contribution >= 0.6 is 11.8 Å². The number of carbonyl (C=O) groups excluding carboxylic acids is 3. The Bertz CT molecular complexity index is 762. The topological polar surface area (TPSA) is 89.5 Å². The van der Waals surface area contributed by atoms with Crippen molar-refractivity contribution in [2.45, 2.75) is 56.3 Å². The highest BCUT2D eigenvalue weighted by molar-refractivity contribution is 8.01. The molecule has 3 atom stereocenters. The van der Waals surface area contributed by atoms with Crippen molar-refractivity contribution in [3.05, 3.63) is 35.4 Å². The summed E-state index contributed by atoms with van der Waals surface area (Å²) >= 11 is 1.55. The van der Waals surface area contributed by atoms with E-state index in [1.165, 1.54) is 0 Å². The van der Waals surface area contributed by atoms with Crippen LogP contribution in [-0.2, 0) is 9.59 Å². The Morgan fingerprint density at radius 3 is 2.58 bits per heavy atom. The quantitative estimate of drug-likeness (QED) is 0.838. The number of nitrogens with zero attached hydrogens (tertiary/aromatic N) is 1. The van der Waals surface area contributed by atoms with Gasteiger partial charge in [0.15, 0.2) is 0 Å². The van der Waals surface area contributed by atoms with Crippen molar-refractivity contribution in [2.75, 3.05) is 0 Å². The van der Waals surface area contributed by atoms with Crippen LogP contribution in [0.3, 0.4) is 0 Å². The number of carbonyl (C=O) groups is 3. The summed E-state index contributed by atoms with van der Waals surface area (Å²) in [6.45, 7) is 7.58. The maximum Gasteiger partial charge on any atom is 0.256 e. The van der Waals surface area contributed by atoms with E-state index in [-0.39, 0.29) is 23.6 Å². The molecule has 2 heterocycles. The summed E-state index contributed by atoms with van der Waals surface area (Å²) in [6.07, 6.45) is 0.284. The van der Waals surface area contributed by atoms with Crippen LogP contribution in [0.4, 0.5) is 0 Å². The molecule has 6 nitrogen and oxygen atoms in total. The number of amides is 2. The molecular formula is C19H23N2O4S-. The van der Waals surface area contributed by atoms with E-state index in [1.54, 1.807) is 28.8 Å². The number of hydrogen-bond donors (Lipinski definition) is 1. The standard InChI is InChI=1S/C19H24N2O4S/c1-10(2)9-13(18(24)25)20-15(22)14-19(3,4)26-17-12-8-6-5-7-11(12)16(23)21(14)17/h5-8,10,13-14,17H,9H2,1-4H3,(H,20,22)(H,24,25)/p-1/t13-,14+,17+/m0/s1. The number of carboxylic acid groups (broad SMARTS) is 1. The van der Waals surface area contributed by atoms with Gasteiger partial charge in [-0.3, -0.25) is 9.59 Å². The van der Waals surface area contributed by atoms with Gasteiger partial charge in [-0.1, -0.05) is 32.0 Å². The van der Waals surface area contributed by atoms with Crippen LogP contribution in [0.5, 0.6) is 0 Å². The first-order chi connectivity index (χ1) is 12.1. The number of benzene rings is 1. The highest BCUT2D eigenvalue weighted by Crippen LogP contribution is 2.56. The predicted molar refractivity (Wildman–Crippen MR) is 97.2 cm³/mol. The van der Waals surface area contributed by atoms with Crippen molar-refractivity contribution in [1.82, 2.24) is 10.2 Å². The van der Waals surface area contributed by atoms with E-state index in [1.807, 2.05) is 39.8 Å². The average Bonchev–Trinajstić information content (AvgIpc) is 2.97. The van der Waals surface area contributed by atoms with E-state index in [0.717, 1.165) is 5.56 Å². The van der Waals surface area contributed by atoms with Crippen LogP contribution in [0, 0.1) is 5.92 Å². The largest absolute Gasteiger partial charge is 0.548 e. The zero-order chi connectivity index (χ0) is 19.2. The van der Waals surface area contributed by atoms with Gasteiger partial charge >= 0.3 is 0 Å². The van der Waals surface area contributed by atoms with E-state index < -0.39 is 28.7 Å². The third-order valence-corrected chi connectivity index (χ3v) is 6.39. The molecule has 3 rings (SSSR count). The molecule has 0 aromatic heterocycles. The lowest BCUT2D eigenvalue weighted by atomic mass is 9.98. The van der Waals surface area contributed by atoms with Gasteiger partial charge in [0.25, 0.3) is 5.91 Å². The monoisotopic (exact) mass is 375 g/mol. The lowest BCUT2D eigenvalue weighted by Gasteiger charge is -2.32. The van der Waals surface area contributed by atoms with Crippen molar-refractivity contribution in [2.24, 2.45) is 5.92 Å². The van der Waals surface area contributed by atoms with Crippen molar-refractivity contribution < 1.29 is 19.5 Å². The maximum absolute atomic E-state index is 13.0. The SMILES string of the molecule is CC(C)C[C@H](NC(=O)[C@H]1N2C(=O)c3ccccc3[C@H]2SC1(C)C)C(=O)[O-]. The Labute approximate surface area is 157 Å². The van der Waals surface area contributed by atoms with Gasteiger partial charge in [-0.2, -0.15) is 0 Å². The summed E-state index contributed by atoms with van der Waals surface area (Å²) in [5, 5.41) is 13.8. The molecule has 0 aliphatic carbocycles. The lowest BCUT2D eigenvalue weighted by molar-refractivity contribution is -0.308. The van der Waals surface area contributed by atoms with Crippen LogP contribution < -0.4 is 10.4 Å². The molecule has 1 aromatic rings. The number of rotatable bonds is 5.